The average molecular weight is 168 g/mol. The molecular formula is C7H13BN2O2. The molecule has 0 amide bonds. The summed E-state index contributed by atoms with van der Waals surface area (Å²) in [7, 11) is 1.55. The molecule has 0 spiro atoms. The minimum absolute atomic E-state index is 0.0461. The van der Waals surface area contributed by atoms with Crippen molar-refractivity contribution in [3.8, 4) is 6.07 Å². The molecule has 0 saturated carbocycles. The molecule has 0 radical (unpaired) electrons. The van der Waals surface area contributed by atoms with Crippen LogP contribution in [0.4, 0.5) is 0 Å². The van der Waals surface area contributed by atoms with E-state index in [4.69, 9.17) is 10.00 Å². The first kappa shape index (κ1) is 11.0. The smallest absolute Gasteiger partial charge is 0.323 e. The lowest BCUT2D eigenvalue weighted by Crippen LogP contribution is -2.12. The Morgan fingerprint density at radius 1 is 1.75 bits per heavy atom. The lowest BCUT2D eigenvalue weighted by molar-refractivity contribution is 0.0765. The molecule has 12 heavy (non-hydrogen) atoms. The Balaban J connectivity index is 3.28. The molecule has 4 nitrogen and oxygen atoms in total. The van der Waals surface area contributed by atoms with Gasteiger partial charge in [0.25, 0.3) is 0 Å². The molecule has 0 saturated heterocycles. The van der Waals surface area contributed by atoms with Crippen molar-refractivity contribution in [1.82, 2.24) is 0 Å². The maximum Gasteiger partial charge on any atom is 0.323 e. The van der Waals surface area contributed by atoms with Crippen LogP contribution >= 0.6 is 0 Å². The summed E-state index contributed by atoms with van der Waals surface area (Å²) in [4.78, 5) is 3.91. The minimum Gasteiger partial charge on any atom is -0.560 e. The van der Waals surface area contributed by atoms with E-state index in [2.05, 4.69) is 9.65 Å². The van der Waals surface area contributed by atoms with Crippen molar-refractivity contribution in [2.24, 2.45) is 4.99 Å². The van der Waals surface area contributed by atoms with E-state index in [-0.39, 0.29) is 6.10 Å². The Kier molecular flexibility index (Phi) is 7.40. The van der Waals surface area contributed by atoms with Gasteiger partial charge in [0.05, 0.1) is 31.7 Å². The van der Waals surface area contributed by atoms with Crippen LogP contribution in [-0.4, -0.2) is 33.7 Å². The number of rotatable bonds is 6. The molecule has 0 aliphatic rings. The predicted molar refractivity (Wildman–Crippen MR) is 48.6 cm³/mol. The van der Waals surface area contributed by atoms with Gasteiger partial charge in [0.15, 0.2) is 6.40 Å². The normalized spacial score (nSPS) is 12.7. The van der Waals surface area contributed by atoms with E-state index in [1.807, 2.05) is 13.0 Å². The van der Waals surface area contributed by atoms with Crippen molar-refractivity contribution in [2.45, 2.75) is 19.4 Å². The molecule has 0 rings (SSSR count). The van der Waals surface area contributed by atoms with Gasteiger partial charge >= 0.3 is 8.05 Å². The van der Waals surface area contributed by atoms with Crippen LogP contribution in [0.1, 0.15) is 13.3 Å². The number of hydrogen-bond donors (Lipinski definition) is 0. The zero-order valence-electron chi connectivity index (χ0n) is 7.49. The third-order valence-corrected chi connectivity index (χ3v) is 1.16. The first-order valence-electron chi connectivity index (χ1n) is 3.81. The highest BCUT2D eigenvalue weighted by atomic mass is 16.5. The summed E-state index contributed by atoms with van der Waals surface area (Å²) >= 11 is 0. The van der Waals surface area contributed by atoms with E-state index in [1.165, 1.54) is 6.40 Å². The van der Waals surface area contributed by atoms with Crippen LogP contribution in [0.2, 0.25) is 0 Å². The molecule has 1 atom stereocenters. The molecule has 0 aromatic rings. The summed E-state index contributed by atoms with van der Waals surface area (Å²) < 4.78 is 9.86. The standard InChI is InChI=1S/C7H13BN2O2/c1-7(5-10-6-12-8)11-4-2-3-9/h6-7H,2,4-5,8H2,1H3/t7-/m1/s1. The van der Waals surface area contributed by atoms with Crippen molar-refractivity contribution >= 4 is 14.4 Å². The van der Waals surface area contributed by atoms with E-state index < -0.39 is 0 Å². The molecule has 0 aliphatic carbocycles. The molecule has 5 heteroatoms. The topological polar surface area (TPSA) is 54.6 Å². The molecule has 0 bridgehead atoms. The zero-order valence-corrected chi connectivity index (χ0v) is 7.49. The van der Waals surface area contributed by atoms with Crippen LogP contribution in [0.25, 0.3) is 0 Å². The Morgan fingerprint density at radius 3 is 3.08 bits per heavy atom. The van der Waals surface area contributed by atoms with Crippen molar-refractivity contribution < 1.29 is 9.39 Å². The number of nitriles is 1. The van der Waals surface area contributed by atoms with Crippen molar-refractivity contribution in [2.75, 3.05) is 13.2 Å². The highest BCUT2D eigenvalue weighted by Gasteiger charge is 1.98. The molecule has 0 aromatic heterocycles. The van der Waals surface area contributed by atoms with Crippen LogP contribution in [0, 0.1) is 11.3 Å². The lowest BCUT2D eigenvalue weighted by Gasteiger charge is -2.07. The highest BCUT2D eigenvalue weighted by Crippen LogP contribution is 1.92. The fraction of sp³-hybridized carbons (Fsp3) is 0.714. The quantitative estimate of drug-likeness (QED) is 0.241. The van der Waals surface area contributed by atoms with Crippen LogP contribution in [0.15, 0.2) is 4.99 Å². The molecule has 0 fully saturated rings. The minimum atomic E-state index is 0.0461. The summed E-state index contributed by atoms with van der Waals surface area (Å²) in [5, 5.41) is 8.21. The van der Waals surface area contributed by atoms with Crippen molar-refractivity contribution in [3.05, 3.63) is 0 Å². The van der Waals surface area contributed by atoms with Gasteiger partial charge in [-0.25, -0.2) is 0 Å². The third kappa shape index (κ3) is 7.10. The third-order valence-electron chi connectivity index (χ3n) is 1.16. The first-order valence-corrected chi connectivity index (χ1v) is 3.81. The second-order valence-corrected chi connectivity index (χ2v) is 2.30. The summed E-state index contributed by atoms with van der Waals surface area (Å²) in [6, 6.07) is 2.00. The van der Waals surface area contributed by atoms with E-state index in [9.17, 15) is 0 Å². The molecule has 0 heterocycles. The number of hydrogen-bond acceptors (Lipinski definition) is 4. The zero-order chi connectivity index (χ0) is 9.23. The Bertz CT molecular complexity index is 167. The summed E-state index contributed by atoms with van der Waals surface area (Å²) in [5.41, 5.74) is 0. The predicted octanol–water partition coefficient (Wildman–Crippen LogP) is -0.102. The van der Waals surface area contributed by atoms with Gasteiger partial charge in [-0.05, 0) is 6.92 Å². The molecule has 0 aromatic carbocycles. The van der Waals surface area contributed by atoms with Gasteiger partial charge in [-0.2, -0.15) is 5.26 Å². The Morgan fingerprint density at radius 2 is 2.50 bits per heavy atom. The number of nitrogens with zero attached hydrogens (tertiary/aromatic N) is 2. The fourth-order valence-corrected chi connectivity index (χ4v) is 0.624. The summed E-state index contributed by atoms with van der Waals surface area (Å²) in [5.74, 6) is 0. The van der Waals surface area contributed by atoms with E-state index in [1.54, 1.807) is 8.05 Å². The van der Waals surface area contributed by atoms with Crippen LogP contribution in [0.5, 0.6) is 0 Å². The molecule has 0 unspecified atom stereocenters. The number of ether oxygens (including phenoxy) is 1. The Hall–Kier alpha value is -1.02. The molecule has 66 valence electrons. The van der Waals surface area contributed by atoms with Gasteiger partial charge in [0.2, 0.25) is 0 Å². The molecule has 0 aliphatic heterocycles. The fourth-order valence-electron chi connectivity index (χ4n) is 0.624. The van der Waals surface area contributed by atoms with E-state index >= 15 is 0 Å². The van der Waals surface area contributed by atoms with Gasteiger partial charge in [0.1, 0.15) is 0 Å². The summed E-state index contributed by atoms with van der Waals surface area (Å²) in [6.45, 7) is 2.95. The van der Waals surface area contributed by atoms with Crippen molar-refractivity contribution in [3.63, 3.8) is 0 Å². The molecule has 0 N–H and O–H groups in total. The van der Waals surface area contributed by atoms with Crippen LogP contribution in [0.3, 0.4) is 0 Å². The average Bonchev–Trinajstić information content (AvgIpc) is 2.06. The SMILES string of the molecule is BOC=NC[C@@H](C)OCCC#N. The van der Waals surface area contributed by atoms with Crippen molar-refractivity contribution in [1.29, 1.82) is 5.26 Å². The van der Waals surface area contributed by atoms with Gasteiger partial charge in [-0.15, -0.1) is 0 Å². The largest absolute Gasteiger partial charge is 0.560 e. The van der Waals surface area contributed by atoms with Gasteiger partial charge in [0, 0.05) is 0 Å². The van der Waals surface area contributed by atoms with E-state index in [0.29, 0.717) is 19.6 Å². The lowest BCUT2D eigenvalue weighted by atomic mass is 10.4. The number of aliphatic imine (C=N–C) groups is 1. The highest BCUT2D eigenvalue weighted by molar-refractivity contribution is 6.02. The molecular weight excluding hydrogens is 155 g/mol. The van der Waals surface area contributed by atoms with Gasteiger partial charge < -0.3 is 9.39 Å². The van der Waals surface area contributed by atoms with Gasteiger partial charge in [-0.1, -0.05) is 0 Å². The van der Waals surface area contributed by atoms with Crippen LogP contribution in [-0.2, 0) is 9.39 Å². The summed E-state index contributed by atoms with van der Waals surface area (Å²) in [6.07, 6.45) is 1.85. The van der Waals surface area contributed by atoms with E-state index in [0.717, 1.165) is 0 Å². The maximum atomic E-state index is 8.21. The van der Waals surface area contributed by atoms with Crippen LogP contribution < -0.4 is 0 Å². The first-order chi connectivity index (χ1) is 5.81. The maximum absolute atomic E-state index is 8.21. The van der Waals surface area contributed by atoms with Gasteiger partial charge in [-0.3, -0.25) is 4.99 Å². The Labute approximate surface area is 73.6 Å². The second kappa shape index (κ2) is 8.09. The monoisotopic (exact) mass is 168 g/mol. The second-order valence-electron chi connectivity index (χ2n) is 2.30.